The Labute approximate surface area is 205 Å². The van der Waals surface area contributed by atoms with Crippen LogP contribution in [0.5, 0.6) is 11.5 Å². The quantitative estimate of drug-likeness (QED) is 0.375. The van der Waals surface area contributed by atoms with Crippen molar-refractivity contribution in [2.45, 2.75) is 19.6 Å². The van der Waals surface area contributed by atoms with Crippen LogP contribution in [0.3, 0.4) is 0 Å². The minimum Gasteiger partial charge on any atom is -0.496 e. The van der Waals surface area contributed by atoms with Crippen LogP contribution in [-0.2, 0) is 19.6 Å². The maximum atomic E-state index is 14.6. The predicted octanol–water partition coefficient (Wildman–Crippen LogP) is 4.56. The van der Waals surface area contributed by atoms with Crippen molar-refractivity contribution in [1.82, 2.24) is 19.4 Å². The van der Waals surface area contributed by atoms with Crippen molar-refractivity contribution in [3.63, 3.8) is 0 Å². The highest BCUT2D eigenvalue weighted by atomic mass is 19.1. The Balaban J connectivity index is 1.30. The van der Waals surface area contributed by atoms with Gasteiger partial charge in [0, 0.05) is 43.9 Å². The van der Waals surface area contributed by atoms with Crippen molar-refractivity contribution < 1.29 is 13.9 Å². The maximum Gasteiger partial charge on any atom is 0.169 e. The second kappa shape index (κ2) is 10.5. The topological polar surface area (TPSA) is 42.8 Å². The smallest absolute Gasteiger partial charge is 0.169 e. The maximum absolute atomic E-state index is 14.6. The first-order chi connectivity index (χ1) is 17.2. The Kier molecular flexibility index (Phi) is 6.97. The predicted molar refractivity (Wildman–Crippen MR) is 135 cm³/mol. The summed E-state index contributed by atoms with van der Waals surface area (Å²) in [7, 11) is 3.21. The van der Waals surface area contributed by atoms with E-state index in [0.29, 0.717) is 24.4 Å². The highest BCUT2D eigenvalue weighted by Crippen LogP contribution is 2.25. The van der Waals surface area contributed by atoms with Crippen LogP contribution in [0.15, 0.2) is 66.7 Å². The summed E-state index contributed by atoms with van der Waals surface area (Å²) < 4.78 is 27.6. The molecule has 35 heavy (non-hydrogen) atoms. The zero-order valence-corrected chi connectivity index (χ0v) is 20.3. The van der Waals surface area contributed by atoms with Gasteiger partial charge in [0.15, 0.2) is 11.6 Å². The molecule has 1 aliphatic heterocycles. The largest absolute Gasteiger partial charge is 0.496 e. The molecule has 0 atom stereocenters. The summed E-state index contributed by atoms with van der Waals surface area (Å²) in [5, 5.41) is 0. The van der Waals surface area contributed by atoms with Gasteiger partial charge in [-0.05, 0) is 24.3 Å². The number of imidazole rings is 1. The van der Waals surface area contributed by atoms with Gasteiger partial charge in [-0.15, -0.1) is 0 Å². The number of nitrogens with zero attached hydrogens (tertiary/aromatic N) is 4. The molecule has 1 aromatic heterocycles. The van der Waals surface area contributed by atoms with E-state index in [2.05, 4.69) is 38.6 Å². The average Bonchev–Trinajstić information content (AvgIpc) is 3.23. The third kappa shape index (κ3) is 5.01. The third-order valence-electron chi connectivity index (χ3n) is 6.74. The van der Waals surface area contributed by atoms with E-state index in [1.165, 1.54) is 7.11 Å². The van der Waals surface area contributed by atoms with Gasteiger partial charge in [0.25, 0.3) is 0 Å². The van der Waals surface area contributed by atoms with E-state index in [0.717, 1.165) is 60.9 Å². The molecule has 1 fully saturated rings. The standard InChI is InChI=1S/C28H31FN4O2/c1-34-25-12-6-3-8-21(25)19-33-24-11-5-4-10-23(24)30-27(33)20-32-16-14-31(15-17-32)18-22-9-7-13-26(35-2)28(22)29/h3-13H,14-20H2,1-2H3. The normalized spacial score (nSPS) is 14.9. The number of aromatic nitrogens is 2. The number of ether oxygens (including phenoxy) is 2. The van der Waals surface area contributed by atoms with Gasteiger partial charge in [-0.3, -0.25) is 9.80 Å². The summed E-state index contributed by atoms with van der Waals surface area (Å²) in [6.45, 7) is 5.63. The lowest BCUT2D eigenvalue weighted by Gasteiger charge is -2.34. The lowest BCUT2D eigenvalue weighted by molar-refractivity contribution is 0.118. The highest BCUT2D eigenvalue weighted by molar-refractivity contribution is 5.76. The van der Waals surface area contributed by atoms with Crippen molar-refractivity contribution in [2.24, 2.45) is 0 Å². The summed E-state index contributed by atoms with van der Waals surface area (Å²) in [5.41, 5.74) is 3.94. The molecule has 4 aromatic rings. The fraction of sp³-hybridized carbons (Fsp3) is 0.321. The first kappa shape index (κ1) is 23.3. The molecule has 0 aliphatic carbocycles. The van der Waals surface area contributed by atoms with E-state index in [-0.39, 0.29) is 5.82 Å². The highest BCUT2D eigenvalue weighted by Gasteiger charge is 2.22. The molecule has 5 rings (SSSR count). The molecule has 182 valence electrons. The molecule has 7 heteroatoms. The van der Waals surface area contributed by atoms with E-state index in [1.807, 2.05) is 36.4 Å². The van der Waals surface area contributed by atoms with Gasteiger partial charge in [-0.2, -0.15) is 0 Å². The molecule has 6 nitrogen and oxygen atoms in total. The van der Waals surface area contributed by atoms with Gasteiger partial charge >= 0.3 is 0 Å². The molecule has 0 amide bonds. The number of benzene rings is 3. The summed E-state index contributed by atoms with van der Waals surface area (Å²) in [4.78, 5) is 9.71. The molecule has 0 unspecified atom stereocenters. The molecule has 0 bridgehead atoms. The number of fused-ring (bicyclic) bond motifs is 1. The fourth-order valence-corrected chi connectivity index (χ4v) is 4.81. The first-order valence-electron chi connectivity index (χ1n) is 12.0. The molecule has 0 N–H and O–H groups in total. The van der Waals surface area contributed by atoms with Gasteiger partial charge in [0.1, 0.15) is 11.6 Å². The van der Waals surface area contributed by atoms with Gasteiger partial charge in [0.2, 0.25) is 0 Å². The number of piperazine rings is 1. The number of methoxy groups -OCH3 is 2. The monoisotopic (exact) mass is 474 g/mol. The first-order valence-corrected chi connectivity index (χ1v) is 12.0. The lowest BCUT2D eigenvalue weighted by Crippen LogP contribution is -2.45. The van der Waals surface area contributed by atoms with Crippen molar-refractivity contribution >= 4 is 11.0 Å². The Morgan fingerprint density at radius 3 is 2.11 bits per heavy atom. The SMILES string of the molecule is COc1ccccc1Cn1c(CN2CCN(Cc3cccc(OC)c3F)CC2)nc2ccccc21. The van der Waals surface area contributed by atoms with Gasteiger partial charge in [-0.1, -0.05) is 42.5 Å². The van der Waals surface area contributed by atoms with Crippen LogP contribution in [0.25, 0.3) is 11.0 Å². The van der Waals surface area contributed by atoms with Crippen molar-refractivity contribution in [1.29, 1.82) is 0 Å². The van der Waals surface area contributed by atoms with Crippen molar-refractivity contribution in [3.8, 4) is 11.5 Å². The van der Waals surface area contributed by atoms with E-state index in [9.17, 15) is 4.39 Å². The van der Waals surface area contributed by atoms with Crippen LogP contribution in [-0.4, -0.2) is 59.7 Å². The Morgan fingerprint density at radius 1 is 0.714 bits per heavy atom. The second-order valence-corrected chi connectivity index (χ2v) is 8.90. The van der Waals surface area contributed by atoms with E-state index < -0.39 is 0 Å². The number of hydrogen-bond donors (Lipinski definition) is 0. The molecule has 2 heterocycles. The van der Waals surface area contributed by atoms with E-state index in [4.69, 9.17) is 14.5 Å². The zero-order valence-electron chi connectivity index (χ0n) is 20.3. The van der Waals surface area contributed by atoms with Gasteiger partial charge in [-0.25, -0.2) is 9.37 Å². The number of rotatable bonds is 8. The zero-order chi connectivity index (χ0) is 24.2. The molecule has 1 aliphatic rings. The van der Waals surface area contributed by atoms with Crippen LogP contribution >= 0.6 is 0 Å². The van der Waals surface area contributed by atoms with Crippen LogP contribution < -0.4 is 9.47 Å². The van der Waals surface area contributed by atoms with Crippen molar-refractivity contribution in [3.05, 3.63) is 89.5 Å². The lowest BCUT2D eigenvalue weighted by atomic mass is 10.1. The number of halogens is 1. The number of para-hydroxylation sites is 3. The summed E-state index contributed by atoms with van der Waals surface area (Å²) in [5.74, 6) is 1.97. The summed E-state index contributed by atoms with van der Waals surface area (Å²) >= 11 is 0. The minimum absolute atomic E-state index is 0.262. The third-order valence-corrected chi connectivity index (χ3v) is 6.74. The molecule has 0 spiro atoms. The summed E-state index contributed by atoms with van der Waals surface area (Å²) in [6.07, 6.45) is 0. The van der Waals surface area contributed by atoms with Crippen molar-refractivity contribution in [2.75, 3.05) is 40.4 Å². The van der Waals surface area contributed by atoms with Crippen LogP contribution in [0.2, 0.25) is 0 Å². The fourth-order valence-electron chi connectivity index (χ4n) is 4.81. The molecular weight excluding hydrogens is 443 g/mol. The van der Waals surface area contributed by atoms with E-state index in [1.54, 1.807) is 13.2 Å². The molecule has 0 saturated carbocycles. The van der Waals surface area contributed by atoms with Crippen LogP contribution in [0, 0.1) is 5.82 Å². The second-order valence-electron chi connectivity index (χ2n) is 8.90. The van der Waals surface area contributed by atoms with Gasteiger partial charge < -0.3 is 14.0 Å². The molecule has 0 radical (unpaired) electrons. The Bertz CT molecular complexity index is 1300. The van der Waals surface area contributed by atoms with Crippen LogP contribution in [0.4, 0.5) is 4.39 Å². The minimum atomic E-state index is -0.262. The molecular formula is C28H31FN4O2. The molecule has 3 aromatic carbocycles. The van der Waals surface area contributed by atoms with Gasteiger partial charge in [0.05, 0.1) is 38.3 Å². The Hall–Kier alpha value is -3.42. The summed E-state index contributed by atoms with van der Waals surface area (Å²) in [6, 6.07) is 21.8. The molecule has 1 saturated heterocycles. The number of hydrogen-bond acceptors (Lipinski definition) is 5. The van der Waals surface area contributed by atoms with Crippen LogP contribution in [0.1, 0.15) is 17.0 Å². The average molecular weight is 475 g/mol. The Morgan fingerprint density at radius 2 is 1.34 bits per heavy atom. The van der Waals surface area contributed by atoms with E-state index >= 15 is 0 Å².